The summed E-state index contributed by atoms with van der Waals surface area (Å²) in [6.07, 6.45) is 2.92. The smallest absolute Gasteiger partial charge is 0.216 e. The van der Waals surface area contributed by atoms with Gasteiger partial charge in [-0.1, -0.05) is 19.1 Å². The number of ether oxygens (including phenoxy) is 1. The third kappa shape index (κ3) is 5.93. The zero-order valence-electron chi connectivity index (χ0n) is 17.5. The van der Waals surface area contributed by atoms with Gasteiger partial charge in [0.05, 0.1) is 12.4 Å². The lowest BCUT2D eigenvalue weighted by Gasteiger charge is -2.36. The maximum absolute atomic E-state index is 12.3. The first kappa shape index (κ1) is 22.2. The molecule has 1 heterocycles. The molecule has 2 rings (SSSR count). The van der Waals surface area contributed by atoms with E-state index < -0.39 is 10.0 Å². The second kappa shape index (κ2) is 9.89. The first-order chi connectivity index (χ1) is 12.8. The van der Waals surface area contributed by atoms with Crippen LogP contribution >= 0.6 is 0 Å². The van der Waals surface area contributed by atoms with Crippen LogP contribution in [0.4, 0.5) is 0 Å². The van der Waals surface area contributed by atoms with E-state index in [4.69, 9.17) is 4.74 Å². The molecule has 0 spiro atoms. The average Bonchev–Trinajstić information content (AvgIpc) is 2.66. The van der Waals surface area contributed by atoms with Crippen molar-refractivity contribution in [3.63, 3.8) is 0 Å². The van der Waals surface area contributed by atoms with E-state index in [1.165, 1.54) is 5.56 Å². The Kier molecular flexibility index (Phi) is 8.13. The molecule has 0 amide bonds. The highest BCUT2D eigenvalue weighted by Gasteiger charge is 2.31. The predicted octanol–water partition coefficient (Wildman–Crippen LogP) is 3.40. The minimum atomic E-state index is -3.11. The first-order valence-corrected chi connectivity index (χ1v) is 11.6. The summed E-state index contributed by atoms with van der Waals surface area (Å²) in [4.78, 5) is 2.53. The molecule has 1 aromatic carbocycles. The number of piperidine rings is 1. The van der Waals surface area contributed by atoms with Crippen LogP contribution in [-0.4, -0.2) is 62.2 Å². The van der Waals surface area contributed by atoms with Crippen molar-refractivity contribution in [2.24, 2.45) is 5.92 Å². The van der Waals surface area contributed by atoms with Gasteiger partial charge in [0.15, 0.2) is 0 Å². The molecule has 6 heteroatoms. The molecule has 0 aromatic heterocycles. The fraction of sp³-hybridized carbons (Fsp3) is 0.714. The van der Waals surface area contributed by atoms with Crippen molar-refractivity contribution in [2.45, 2.75) is 58.2 Å². The molecule has 0 saturated carbocycles. The summed E-state index contributed by atoms with van der Waals surface area (Å²) >= 11 is 0. The standard InChI is InChI=1S/C21H36N2O3S/c1-6-22(18(4)15-19-7-9-21(26-5)10-8-19)16-20-11-13-23(14-12-20)27(24,25)17(2)3/h7-10,17-18,20H,6,11-16H2,1-5H3. The van der Waals surface area contributed by atoms with Gasteiger partial charge in [-0.3, -0.25) is 0 Å². The molecule has 1 aromatic rings. The summed E-state index contributed by atoms with van der Waals surface area (Å²) in [6.45, 7) is 11.4. The Morgan fingerprint density at radius 3 is 2.22 bits per heavy atom. The van der Waals surface area contributed by atoms with Crippen molar-refractivity contribution in [2.75, 3.05) is 33.3 Å². The molecule has 27 heavy (non-hydrogen) atoms. The van der Waals surface area contributed by atoms with E-state index in [2.05, 4.69) is 30.9 Å². The van der Waals surface area contributed by atoms with Gasteiger partial charge in [-0.25, -0.2) is 12.7 Å². The molecular weight excluding hydrogens is 360 g/mol. The Morgan fingerprint density at radius 1 is 1.15 bits per heavy atom. The molecule has 1 fully saturated rings. The van der Waals surface area contributed by atoms with Gasteiger partial charge in [-0.15, -0.1) is 0 Å². The van der Waals surface area contributed by atoms with E-state index in [1.54, 1.807) is 25.3 Å². The van der Waals surface area contributed by atoms with Gasteiger partial charge >= 0.3 is 0 Å². The number of nitrogens with zero attached hydrogens (tertiary/aromatic N) is 2. The largest absolute Gasteiger partial charge is 0.497 e. The molecule has 0 aliphatic carbocycles. The van der Waals surface area contributed by atoms with Crippen LogP contribution in [0.2, 0.25) is 0 Å². The van der Waals surface area contributed by atoms with Gasteiger partial charge < -0.3 is 9.64 Å². The molecule has 5 nitrogen and oxygen atoms in total. The lowest BCUT2D eigenvalue weighted by atomic mass is 9.96. The maximum atomic E-state index is 12.3. The van der Waals surface area contributed by atoms with Gasteiger partial charge in [0.2, 0.25) is 10.0 Å². The van der Waals surface area contributed by atoms with Crippen LogP contribution in [0.3, 0.4) is 0 Å². The summed E-state index contributed by atoms with van der Waals surface area (Å²) < 4.78 is 31.6. The van der Waals surface area contributed by atoms with Crippen LogP contribution < -0.4 is 4.74 Å². The maximum Gasteiger partial charge on any atom is 0.216 e. The highest BCUT2D eigenvalue weighted by Crippen LogP contribution is 2.24. The highest BCUT2D eigenvalue weighted by molar-refractivity contribution is 7.89. The van der Waals surface area contributed by atoms with E-state index in [1.807, 2.05) is 12.1 Å². The van der Waals surface area contributed by atoms with Gasteiger partial charge in [0, 0.05) is 25.7 Å². The fourth-order valence-corrected chi connectivity index (χ4v) is 5.14. The zero-order chi connectivity index (χ0) is 20.0. The third-order valence-electron chi connectivity index (χ3n) is 5.74. The SMILES string of the molecule is CCN(CC1CCN(S(=O)(=O)C(C)C)CC1)C(C)Cc1ccc(OC)cc1. The van der Waals surface area contributed by atoms with Crippen LogP contribution in [0, 0.1) is 5.92 Å². The number of methoxy groups -OCH3 is 1. The van der Waals surface area contributed by atoms with Crippen molar-refractivity contribution < 1.29 is 13.2 Å². The monoisotopic (exact) mass is 396 g/mol. The first-order valence-electron chi connectivity index (χ1n) is 10.1. The van der Waals surface area contributed by atoms with Crippen LogP contribution in [0.5, 0.6) is 5.75 Å². The Balaban J connectivity index is 1.87. The van der Waals surface area contributed by atoms with E-state index in [0.29, 0.717) is 25.0 Å². The van der Waals surface area contributed by atoms with Gasteiger partial charge in [-0.05, 0) is 70.2 Å². The fourth-order valence-electron chi connectivity index (χ4n) is 3.83. The van der Waals surface area contributed by atoms with E-state index in [9.17, 15) is 8.42 Å². The summed E-state index contributed by atoms with van der Waals surface area (Å²) in [5.74, 6) is 1.46. The number of hydrogen-bond acceptors (Lipinski definition) is 4. The number of hydrogen-bond donors (Lipinski definition) is 0. The predicted molar refractivity (Wildman–Crippen MR) is 112 cm³/mol. The molecule has 0 bridgehead atoms. The molecule has 1 atom stereocenters. The van der Waals surface area contributed by atoms with Crippen molar-refractivity contribution in [3.05, 3.63) is 29.8 Å². The van der Waals surface area contributed by atoms with Crippen molar-refractivity contribution in [1.29, 1.82) is 0 Å². The Morgan fingerprint density at radius 2 is 1.74 bits per heavy atom. The van der Waals surface area contributed by atoms with Crippen molar-refractivity contribution in [3.8, 4) is 5.75 Å². The summed E-state index contributed by atoms with van der Waals surface area (Å²) in [5.41, 5.74) is 1.32. The molecule has 1 saturated heterocycles. The van der Waals surface area contributed by atoms with Crippen LogP contribution in [0.25, 0.3) is 0 Å². The summed E-state index contributed by atoms with van der Waals surface area (Å²) in [5, 5.41) is -0.328. The number of sulfonamides is 1. The summed E-state index contributed by atoms with van der Waals surface area (Å²) in [7, 11) is -1.42. The Labute approximate surface area is 165 Å². The van der Waals surface area contributed by atoms with Crippen LogP contribution in [0.1, 0.15) is 46.1 Å². The number of rotatable bonds is 9. The van der Waals surface area contributed by atoms with E-state index >= 15 is 0 Å². The average molecular weight is 397 g/mol. The van der Waals surface area contributed by atoms with Crippen molar-refractivity contribution in [1.82, 2.24) is 9.21 Å². The highest BCUT2D eigenvalue weighted by atomic mass is 32.2. The molecular formula is C21H36N2O3S. The molecule has 1 aliphatic rings. The van der Waals surface area contributed by atoms with Gasteiger partial charge in [0.1, 0.15) is 5.75 Å². The molecule has 1 aliphatic heterocycles. The van der Waals surface area contributed by atoms with Gasteiger partial charge in [0.25, 0.3) is 0 Å². The molecule has 1 unspecified atom stereocenters. The topological polar surface area (TPSA) is 49.9 Å². The Hall–Kier alpha value is -1.11. The zero-order valence-corrected chi connectivity index (χ0v) is 18.3. The summed E-state index contributed by atoms with van der Waals surface area (Å²) in [6, 6.07) is 8.77. The van der Waals surface area contributed by atoms with Crippen molar-refractivity contribution >= 4 is 10.0 Å². The normalized spacial score (nSPS) is 18.2. The second-order valence-corrected chi connectivity index (χ2v) is 10.4. The number of likely N-dealkylation sites (N-methyl/N-ethyl adjacent to an activating group) is 1. The van der Waals surface area contributed by atoms with Crippen LogP contribution in [-0.2, 0) is 16.4 Å². The quantitative estimate of drug-likeness (QED) is 0.642. The lowest BCUT2D eigenvalue weighted by molar-refractivity contribution is 0.152. The minimum Gasteiger partial charge on any atom is -0.497 e. The second-order valence-electron chi connectivity index (χ2n) is 7.92. The van der Waals surface area contributed by atoms with E-state index in [0.717, 1.165) is 38.1 Å². The number of benzene rings is 1. The minimum absolute atomic E-state index is 0.328. The Bertz CT molecular complexity index is 665. The molecule has 154 valence electrons. The lowest BCUT2D eigenvalue weighted by Crippen LogP contribution is -2.45. The molecule has 0 N–H and O–H groups in total. The van der Waals surface area contributed by atoms with Crippen LogP contribution in [0.15, 0.2) is 24.3 Å². The third-order valence-corrected chi connectivity index (χ3v) is 8.02. The van der Waals surface area contributed by atoms with E-state index in [-0.39, 0.29) is 5.25 Å². The van der Waals surface area contributed by atoms with Gasteiger partial charge in [-0.2, -0.15) is 0 Å². The molecule has 0 radical (unpaired) electrons.